The Balaban J connectivity index is -0.000000143. The fourth-order valence-corrected chi connectivity index (χ4v) is 0. The molecule has 0 atom stereocenters. The molecule has 0 saturated carbocycles. The zero-order valence-corrected chi connectivity index (χ0v) is 8.64. The molecular formula is C6H6Cl2CuO4. The van der Waals surface area contributed by atoms with Gasteiger partial charge in [-0.25, -0.2) is 9.59 Å². The van der Waals surface area contributed by atoms with Crippen molar-refractivity contribution in [2.45, 2.75) is 0 Å². The summed E-state index contributed by atoms with van der Waals surface area (Å²) in [6.45, 7) is 5.84. The average Bonchev–Trinajstić information content (AvgIpc) is 1.88. The van der Waals surface area contributed by atoms with E-state index >= 15 is 0 Å². The van der Waals surface area contributed by atoms with E-state index < -0.39 is 11.9 Å². The van der Waals surface area contributed by atoms with Gasteiger partial charge in [0.05, 0.1) is 0 Å². The molecule has 0 heterocycles. The van der Waals surface area contributed by atoms with Crippen molar-refractivity contribution >= 4 is 35.1 Å². The largest absolute Gasteiger partial charge is 0.477 e. The summed E-state index contributed by atoms with van der Waals surface area (Å²) < 4.78 is 0. The summed E-state index contributed by atoms with van der Waals surface area (Å²) in [5.74, 6) is -2.34. The summed E-state index contributed by atoms with van der Waals surface area (Å²) in [4.78, 5) is 18.9. The van der Waals surface area contributed by atoms with E-state index in [-0.39, 0.29) is 27.1 Å². The van der Waals surface area contributed by atoms with Gasteiger partial charge in [0.25, 0.3) is 0 Å². The normalized spacial score (nSPS) is 6.92. The number of hydrogen-bond donors (Lipinski definition) is 2. The van der Waals surface area contributed by atoms with Gasteiger partial charge >= 0.3 is 11.9 Å². The Morgan fingerprint density at radius 3 is 1.00 bits per heavy atom. The zero-order chi connectivity index (χ0) is 10.3. The van der Waals surface area contributed by atoms with E-state index in [9.17, 15) is 9.59 Å². The molecule has 0 aromatic heterocycles. The second-order valence-electron chi connectivity index (χ2n) is 1.42. The molecule has 0 aliphatic heterocycles. The Bertz CT molecular complexity index is 179. The Kier molecular flexibility index (Phi) is 13.5. The molecule has 2 N–H and O–H groups in total. The van der Waals surface area contributed by atoms with Crippen LogP contribution in [-0.4, -0.2) is 22.2 Å². The zero-order valence-electron chi connectivity index (χ0n) is 6.18. The van der Waals surface area contributed by atoms with Gasteiger partial charge < -0.3 is 10.2 Å². The van der Waals surface area contributed by atoms with Gasteiger partial charge in [-0.05, 0) is 0 Å². The first-order chi connectivity index (χ1) is 5.29. The van der Waals surface area contributed by atoms with Crippen LogP contribution in [0.4, 0.5) is 0 Å². The summed E-state index contributed by atoms with van der Waals surface area (Å²) in [5, 5.41) is 14.8. The molecular weight excluding hydrogens is 271 g/mol. The maximum Gasteiger partial charge on any atom is 0.346 e. The molecule has 1 radical (unpaired) electrons. The number of carboxylic acids is 2. The van der Waals surface area contributed by atoms with Gasteiger partial charge in [-0.15, -0.1) is 0 Å². The monoisotopic (exact) mass is 275 g/mol. The number of carboxylic acid groups (broad SMARTS) is 2. The first kappa shape index (κ1) is 18.3. The molecule has 0 bridgehead atoms. The van der Waals surface area contributed by atoms with Gasteiger partial charge in [0.1, 0.15) is 10.1 Å². The van der Waals surface area contributed by atoms with Crippen molar-refractivity contribution in [1.29, 1.82) is 0 Å². The minimum Gasteiger partial charge on any atom is -0.477 e. The first-order valence-corrected chi connectivity index (χ1v) is 3.20. The van der Waals surface area contributed by atoms with Gasteiger partial charge in [0.2, 0.25) is 0 Å². The SMILES string of the molecule is C=C(Cl)C(=O)O.C=C(Cl)C(=O)O.[Cu]. The van der Waals surface area contributed by atoms with Crippen molar-refractivity contribution in [2.24, 2.45) is 0 Å². The second kappa shape index (κ2) is 9.61. The van der Waals surface area contributed by atoms with Crippen LogP contribution in [0, 0.1) is 0 Å². The van der Waals surface area contributed by atoms with Gasteiger partial charge in [0, 0.05) is 17.1 Å². The van der Waals surface area contributed by atoms with Gasteiger partial charge in [-0.2, -0.15) is 0 Å². The van der Waals surface area contributed by atoms with Crippen LogP contribution in [0.25, 0.3) is 0 Å². The Labute approximate surface area is 95.3 Å². The van der Waals surface area contributed by atoms with E-state index in [4.69, 9.17) is 33.4 Å². The summed E-state index contributed by atoms with van der Waals surface area (Å²) >= 11 is 9.64. The van der Waals surface area contributed by atoms with Crippen LogP contribution < -0.4 is 0 Å². The van der Waals surface area contributed by atoms with Crippen molar-refractivity contribution in [3.05, 3.63) is 23.2 Å². The van der Waals surface area contributed by atoms with Crippen LogP contribution in [0.15, 0.2) is 23.2 Å². The third-order valence-electron chi connectivity index (χ3n) is 0.464. The molecule has 0 amide bonds. The van der Waals surface area contributed by atoms with E-state index in [1.54, 1.807) is 0 Å². The topological polar surface area (TPSA) is 74.6 Å². The van der Waals surface area contributed by atoms with Crippen molar-refractivity contribution in [3.63, 3.8) is 0 Å². The maximum absolute atomic E-state index is 9.47. The number of halogens is 2. The smallest absolute Gasteiger partial charge is 0.346 e. The molecule has 7 heteroatoms. The fraction of sp³-hybridized carbons (Fsp3) is 0. The van der Waals surface area contributed by atoms with Crippen LogP contribution in [0.2, 0.25) is 0 Å². The Hall–Kier alpha value is -0.481. The summed E-state index contributed by atoms with van der Waals surface area (Å²) in [6.07, 6.45) is 0. The summed E-state index contributed by atoms with van der Waals surface area (Å²) in [7, 11) is 0. The quantitative estimate of drug-likeness (QED) is 0.594. The molecule has 0 saturated heterocycles. The summed E-state index contributed by atoms with van der Waals surface area (Å²) in [6, 6.07) is 0. The summed E-state index contributed by atoms with van der Waals surface area (Å²) in [5.41, 5.74) is 0. The standard InChI is InChI=1S/2C3H3ClO2.Cu/c2*1-2(4)3(5)6;/h2*1H2,(H,5,6);. The van der Waals surface area contributed by atoms with Crippen LogP contribution >= 0.6 is 23.2 Å². The third kappa shape index (κ3) is 18.5. The molecule has 0 aliphatic carbocycles. The fourth-order valence-electron chi connectivity index (χ4n) is 0. The van der Waals surface area contributed by atoms with Crippen molar-refractivity contribution in [2.75, 3.05) is 0 Å². The predicted molar refractivity (Wildman–Crippen MR) is 45.3 cm³/mol. The number of carbonyl (C=O) groups is 2. The molecule has 0 fully saturated rings. The molecule has 0 unspecified atom stereocenters. The molecule has 0 spiro atoms. The minimum absolute atomic E-state index is 0. The first-order valence-electron chi connectivity index (χ1n) is 2.44. The maximum atomic E-state index is 9.47. The second-order valence-corrected chi connectivity index (χ2v) is 2.33. The van der Waals surface area contributed by atoms with E-state index in [1.165, 1.54) is 0 Å². The third-order valence-corrected chi connectivity index (χ3v) is 0.787. The van der Waals surface area contributed by atoms with Crippen LogP contribution in [0.5, 0.6) is 0 Å². The van der Waals surface area contributed by atoms with Gasteiger partial charge in [-0.3, -0.25) is 0 Å². The van der Waals surface area contributed by atoms with Gasteiger partial charge in [-0.1, -0.05) is 36.4 Å². The number of rotatable bonds is 2. The average molecular weight is 277 g/mol. The molecule has 4 nitrogen and oxygen atoms in total. The van der Waals surface area contributed by atoms with E-state index in [2.05, 4.69) is 13.2 Å². The Morgan fingerprint density at radius 1 is 0.923 bits per heavy atom. The molecule has 0 aromatic carbocycles. The predicted octanol–water partition coefficient (Wildman–Crippen LogP) is 1.64. The van der Waals surface area contributed by atoms with E-state index in [1.807, 2.05) is 0 Å². The molecule has 0 aliphatic rings. The number of hydrogen-bond acceptors (Lipinski definition) is 2. The molecule has 0 rings (SSSR count). The molecule has 0 aromatic rings. The molecule has 13 heavy (non-hydrogen) atoms. The van der Waals surface area contributed by atoms with E-state index in [0.717, 1.165) is 0 Å². The Morgan fingerprint density at radius 2 is 1.00 bits per heavy atom. The van der Waals surface area contributed by atoms with Gasteiger partial charge in [0.15, 0.2) is 0 Å². The van der Waals surface area contributed by atoms with Crippen molar-refractivity contribution in [1.82, 2.24) is 0 Å². The van der Waals surface area contributed by atoms with Crippen LogP contribution in [0.1, 0.15) is 0 Å². The van der Waals surface area contributed by atoms with Crippen molar-refractivity contribution in [3.8, 4) is 0 Å². The number of aliphatic carboxylic acids is 2. The minimum atomic E-state index is -1.17. The van der Waals surface area contributed by atoms with E-state index in [0.29, 0.717) is 0 Å². The van der Waals surface area contributed by atoms with Crippen LogP contribution in [0.3, 0.4) is 0 Å². The van der Waals surface area contributed by atoms with Crippen molar-refractivity contribution < 1.29 is 36.9 Å². The molecule has 79 valence electrons. The van der Waals surface area contributed by atoms with Crippen LogP contribution in [-0.2, 0) is 26.7 Å².